The van der Waals surface area contributed by atoms with Crippen molar-refractivity contribution in [1.82, 2.24) is 0 Å². The van der Waals surface area contributed by atoms with E-state index in [9.17, 15) is 5.11 Å². The van der Waals surface area contributed by atoms with Crippen LogP contribution in [0.5, 0.6) is 0 Å². The highest BCUT2D eigenvalue weighted by atomic mass is 28.3. The molecule has 0 aromatic rings. The van der Waals surface area contributed by atoms with Crippen LogP contribution >= 0.6 is 0 Å². The molecule has 20 heavy (non-hydrogen) atoms. The second kappa shape index (κ2) is 5.42. The van der Waals surface area contributed by atoms with Gasteiger partial charge in [-0.1, -0.05) is 68.7 Å². The topological polar surface area (TPSA) is 20.2 Å². The van der Waals surface area contributed by atoms with Gasteiger partial charge in [-0.3, -0.25) is 0 Å². The van der Waals surface area contributed by atoms with Gasteiger partial charge in [0.25, 0.3) is 0 Å². The summed E-state index contributed by atoms with van der Waals surface area (Å²) < 4.78 is 0. The Morgan fingerprint density at radius 2 is 1.20 bits per heavy atom. The van der Waals surface area contributed by atoms with E-state index in [1.54, 1.807) is 0 Å². The molecule has 2 heteroatoms. The number of hydrogen-bond acceptors (Lipinski definition) is 1. The average molecular weight is 299 g/mol. The molecule has 1 aliphatic rings. The smallest absolute Gasteiger partial charge is 0.0723 e. The van der Waals surface area contributed by atoms with Crippen molar-refractivity contribution >= 4 is 8.07 Å². The summed E-state index contributed by atoms with van der Waals surface area (Å²) in [5.74, 6) is 0.578. The van der Waals surface area contributed by atoms with Crippen molar-refractivity contribution in [3.63, 3.8) is 0 Å². The molecule has 0 saturated heterocycles. The first kappa shape index (κ1) is 18.2. The molecule has 120 valence electrons. The summed E-state index contributed by atoms with van der Waals surface area (Å²) in [5, 5.41) is 11.7. The number of hydrogen-bond donors (Lipinski definition) is 1. The van der Waals surface area contributed by atoms with E-state index in [0.29, 0.717) is 21.0 Å². The largest absolute Gasteiger partial charge is 0.393 e. The molecular formula is C18H38OSi. The van der Waals surface area contributed by atoms with Gasteiger partial charge in [-0.25, -0.2) is 0 Å². The van der Waals surface area contributed by atoms with Crippen LogP contribution in [0.3, 0.4) is 0 Å². The summed E-state index contributed by atoms with van der Waals surface area (Å²) in [7, 11) is -1.76. The van der Waals surface area contributed by atoms with Crippen LogP contribution in [0, 0.1) is 5.92 Å². The molecule has 0 amide bonds. The van der Waals surface area contributed by atoms with Crippen molar-refractivity contribution in [2.24, 2.45) is 5.92 Å². The third kappa shape index (κ3) is 3.01. The van der Waals surface area contributed by atoms with E-state index in [0.717, 1.165) is 6.04 Å². The Balaban J connectivity index is 3.23. The van der Waals surface area contributed by atoms with Gasteiger partial charge in [0.1, 0.15) is 0 Å². The van der Waals surface area contributed by atoms with Gasteiger partial charge < -0.3 is 5.11 Å². The minimum Gasteiger partial charge on any atom is -0.393 e. The molecule has 1 nitrogen and oxygen atoms in total. The summed E-state index contributed by atoms with van der Waals surface area (Å²) in [6.07, 6.45) is 3.72. The second-order valence-electron chi connectivity index (χ2n) is 10.1. The zero-order chi connectivity index (χ0) is 16.0. The van der Waals surface area contributed by atoms with Crippen molar-refractivity contribution < 1.29 is 5.11 Å². The molecule has 1 saturated carbocycles. The Morgan fingerprint density at radius 3 is 1.40 bits per heavy atom. The van der Waals surface area contributed by atoms with E-state index >= 15 is 0 Å². The highest BCUT2D eigenvalue weighted by Gasteiger charge is 2.60. The predicted molar refractivity (Wildman–Crippen MR) is 93.1 cm³/mol. The number of aliphatic hydroxyl groups is 1. The molecule has 0 unspecified atom stereocenters. The summed E-state index contributed by atoms with van der Waals surface area (Å²) in [5.41, 5.74) is 0. The number of rotatable bonds is 3. The molecule has 1 atom stereocenters. The van der Waals surface area contributed by atoms with E-state index in [1.807, 2.05) is 0 Å². The fourth-order valence-electron chi connectivity index (χ4n) is 5.60. The second-order valence-corrected chi connectivity index (χ2v) is 16.8. The molecule has 0 spiro atoms. The van der Waals surface area contributed by atoms with Crippen LogP contribution in [0.25, 0.3) is 0 Å². The third-order valence-electron chi connectivity index (χ3n) is 6.05. The van der Waals surface area contributed by atoms with E-state index < -0.39 is 8.07 Å². The van der Waals surface area contributed by atoms with Gasteiger partial charge in [-0.15, -0.1) is 0 Å². The quantitative estimate of drug-likeness (QED) is 0.634. The predicted octanol–water partition coefficient (Wildman–Crippen LogP) is 6.00. The molecule has 0 aromatic heterocycles. The van der Waals surface area contributed by atoms with Crippen LogP contribution in [0.4, 0.5) is 0 Å². The lowest BCUT2D eigenvalue weighted by atomic mass is 9.82. The summed E-state index contributed by atoms with van der Waals surface area (Å²) in [6.45, 7) is 21.8. The van der Waals surface area contributed by atoms with Gasteiger partial charge >= 0.3 is 0 Å². The molecule has 0 bridgehead atoms. The van der Waals surface area contributed by atoms with Crippen LogP contribution in [0.15, 0.2) is 0 Å². The Kier molecular flexibility index (Phi) is 4.94. The van der Waals surface area contributed by atoms with E-state index in [-0.39, 0.29) is 6.10 Å². The van der Waals surface area contributed by atoms with Crippen LogP contribution in [-0.2, 0) is 0 Å². The SMILES string of the molecule is CC(C)(C)[Si](C[C@@H](O)C1CCC1)(C(C)(C)C)C(C)(C)C. The summed E-state index contributed by atoms with van der Waals surface area (Å²) >= 11 is 0. The molecule has 0 radical (unpaired) electrons. The first-order valence-electron chi connectivity index (χ1n) is 8.42. The summed E-state index contributed by atoms with van der Waals surface area (Å²) in [4.78, 5) is 0. The average Bonchev–Trinajstić information content (AvgIpc) is 2.04. The van der Waals surface area contributed by atoms with E-state index in [4.69, 9.17) is 0 Å². The molecule has 1 rings (SSSR count). The van der Waals surface area contributed by atoms with Gasteiger partial charge in [-0.2, -0.15) is 0 Å². The highest BCUT2D eigenvalue weighted by molar-refractivity contribution is 6.87. The molecule has 0 aliphatic heterocycles. The van der Waals surface area contributed by atoms with Crippen molar-refractivity contribution in [2.45, 2.75) is 109 Å². The van der Waals surface area contributed by atoms with Crippen LogP contribution < -0.4 is 0 Å². The van der Waals surface area contributed by atoms with Gasteiger partial charge in [0.05, 0.1) is 14.2 Å². The van der Waals surface area contributed by atoms with Crippen LogP contribution in [0.1, 0.15) is 81.6 Å². The van der Waals surface area contributed by atoms with E-state index in [1.165, 1.54) is 19.3 Å². The Hall–Kier alpha value is 0.177. The lowest BCUT2D eigenvalue weighted by Crippen LogP contribution is -2.60. The molecule has 1 N–H and O–H groups in total. The minimum absolute atomic E-state index is 0.0758. The fourth-order valence-corrected chi connectivity index (χ4v) is 15.1. The Labute approximate surface area is 128 Å². The standard InChI is InChI=1S/C18H38OSi/c1-16(2,3)20(17(4,5)6,18(7,8)9)13-15(19)14-11-10-12-14/h14-15,19H,10-13H2,1-9H3/t15-/m1/s1. The van der Waals surface area contributed by atoms with Crippen LogP contribution in [-0.4, -0.2) is 19.3 Å². The first-order valence-corrected chi connectivity index (χ1v) is 10.6. The van der Waals surface area contributed by atoms with Gasteiger partial charge in [-0.05, 0) is 39.9 Å². The third-order valence-corrected chi connectivity index (χ3v) is 14.8. The minimum atomic E-state index is -1.76. The maximum absolute atomic E-state index is 10.8. The van der Waals surface area contributed by atoms with Gasteiger partial charge in [0, 0.05) is 0 Å². The monoisotopic (exact) mass is 298 g/mol. The lowest BCUT2D eigenvalue weighted by molar-refractivity contribution is 0.0743. The Bertz CT molecular complexity index is 287. The fraction of sp³-hybridized carbons (Fsp3) is 1.00. The first-order chi connectivity index (χ1) is 8.74. The normalized spacial score (nSPS) is 20.7. The van der Waals surface area contributed by atoms with Crippen molar-refractivity contribution in [3.8, 4) is 0 Å². The Morgan fingerprint density at radius 1 is 0.850 bits per heavy atom. The van der Waals surface area contributed by atoms with Gasteiger partial charge in [0.15, 0.2) is 0 Å². The van der Waals surface area contributed by atoms with E-state index in [2.05, 4.69) is 62.3 Å². The molecule has 0 aromatic carbocycles. The van der Waals surface area contributed by atoms with Crippen molar-refractivity contribution in [1.29, 1.82) is 0 Å². The lowest BCUT2D eigenvalue weighted by Gasteiger charge is -2.61. The van der Waals surface area contributed by atoms with Crippen LogP contribution in [0.2, 0.25) is 21.2 Å². The van der Waals surface area contributed by atoms with Crippen molar-refractivity contribution in [3.05, 3.63) is 0 Å². The number of aliphatic hydroxyl groups excluding tert-OH is 1. The highest BCUT2D eigenvalue weighted by Crippen LogP contribution is 2.64. The zero-order valence-electron chi connectivity index (χ0n) is 15.4. The molecule has 0 heterocycles. The molecular weight excluding hydrogens is 260 g/mol. The summed E-state index contributed by atoms with van der Waals surface area (Å²) in [6, 6.07) is 1.06. The maximum Gasteiger partial charge on any atom is 0.0723 e. The van der Waals surface area contributed by atoms with Gasteiger partial charge in [0.2, 0.25) is 0 Å². The molecule has 1 fully saturated rings. The van der Waals surface area contributed by atoms with Crippen molar-refractivity contribution in [2.75, 3.05) is 0 Å². The maximum atomic E-state index is 10.8. The zero-order valence-corrected chi connectivity index (χ0v) is 16.4. The molecule has 1 aliphatic carbocycles.